The predicted molar refractivity (Wildman–Crippen MR) is 84.0 cm³/mol. The van der Waals surface area contributed by atoms with Gasteiger partial charge in [0.2, 0.25) is 5.91 Å². The number of benzene rings is 2. The van der Waals surface area contributed by atoms with Crippen LogP contribution in [0.25, 0.3) is 11.0 Å². The van der Waals surface area contributed by atoms with Crippen LogP contribution in [-0.2, 0) is 11.3 Å². The summed E-state index contributed by atoms with van der Waals surface area (Å²) in [7, 11) is 0. The molecule has 3 N–H and O–H groups in total. The molecule has 1 heterocycles. The molecular weight excluding hydrogens is 264 g/mol. The lowest BCUT2D eigenvalue weighted by atomic mass is 10.2. The van der Waals surface area contributed by atoms with Gasteiger partial charge in [-0.3, -0.25) is 4.79 Å². The number of hydrogen-bond donors (Lipinski definition) is 2. The Labute approximate surface area is 122 Å². The highest BCUT2D eigenvalue weighted by atomic mass is 16.1. The standard InChI is InChI=1S/C16H16N4O/c1-11-18-16-13(17)8-5-9-14(16)20(11)10-15(21)19-12-6-3-2-4-7-12/h2-9H,10,17H2,1H3,(H,19,21). The summed E-state index contributed by atoms with van der Waals surface area (Å²) < 4.78 is 1.87. The molecule has 0 fully saturated rings. The molecule has 3 rings (SSSR count). The lowest BCUT2D eigenvalue weighted by Crippen LogP contribution is -2.19. The number of carbonyl (C=O) groups excluding carboxylic acids is 1. The molecule has 5 nitrogen and oxygen atoms in total. The van der Waals surface area contributed by atoms with Crippen molar-refractivity contribution in [2.24, 2.45) is 0 Å². The van der Waals surface area contributed by atoms with E-state index in [1.54, 1.807) is 0 Å². The second-order valence-corrected chi connectivity index (χ2v) is 4.87. The van der Waals surface area contributed by atoms with Crippen LogP contribution in [0.4, 0.5) is 11.4 Å². The molecule has 21 heavy (non-hydrogen) atoms. The van der Waals surface area contributed by atoms with Crippen molar-refractivity contribution in [1.82, 2.24) is 9.55 Å². The number of imidazole rings is 1. The third-order valence-corrected chi connectivity index (χ3v) is 3.36. The monoisotopic (exact) mass is 280 g/mol. The fourth-order valence-corrected chi connectivity index (χ4v) is 2.35. The number of para-hydroxylation sites is 2. The molecule has 1 amide bonds. The van der Waals surface area contributed by atoms with Crippen molar-refractivity contribution in [2.75, 3.05) is 11.1 Å². The van der Waals surface area contributed by atoms with Crippen LogP contribution in [0, 0.1) is 6.92 Å². The van der Waals surface area contributed by atoms with Gasteiger partial charge in [-0.25, -0.2) is 4.98 Å². The van der Waals surface area contributed by atoms with E-state index >= 15 is 0 Å². The Morgan fingerprint density at radius 3 is 2.71 bits per heavy atom. The number of nitrogens with zero attached hydrogens (tertiary/aromatic N) is 2. The second kappa shape index (κ2) is 5.28. The molecule has 0 radical (unpaired) electrons. The lowest BCUT2D eigenvalue weighted by molar-refractivity contribution is -0.116. The van der Waals surface area contributed by atoms with Gasteiger partial charge in [0.25, 0.3) is 0 Å². The van der Waals surface area contributed by atoms with Crippen LogP contribution in [0.1, 0.15) is 5.82 Å². The van der Waals surface area contributed by atoms with Crippen molar-refractivity contribution in [3.63, 3.8) is 0 Å². The Kier molecular flexibility index (Phi) is 3.31. The Hall–Kier alpha value is -2.82. The predicted octanol–water partition coefficient (Wildman–Crippen LogP) is 2.57. The van der Waals surface area contributed by atoms with Crippen LogP contribution < -0.4 is 11.1 Å². The van der Waals surface area contributed by atoms with E-state index < -0.39 is 0 Å². The van der Waals surface area contributed by atoms with E-state index in [2.05, 4.69) is 10.3 Å². The van der Waals surface area contributed by atoms with Gasteiger partial charge in [-0.2, -0.15) is 0 Å². The zero-order valence-corrected chi connectivity index (χ0v) is 11.7. The first-order valence-corrected chi connectivity index (χ1v) is 6.71. The van der Waals surface area contributed by atoms with Gasteiger partial charge >= 0.3 is 0 Å². The summed E-state index contributed by atoms with van der Waals surface area (Å²) in [4.78, 5) is 16.6. The first-order valence-electron chi connectivity index (χ1n) is 6.71. The van der Waals surface area contributed by atoms with Crippen molar-refractivity contribution in [1.29, 1.82) is 0 Å². The molecular formula is C16H16N4O. The smallest absolute Gasteiger partial charge is 0.244 e. The summed E-state index contributed by atoms with van der Waals surface area (Å²) in [5.74, 6) is 0.678. The minimum atomic E-state index is -0.0916. The van der Waals surface area contributed by atoms with Crippen molar-refractivity contribution < 1.29 is 4.79 Å². The molecule has 0 spiro atoms. The minimum Gasteiger partial charge on any atom is -0.397 e. The summed E-state index contributed by atoms with van der Waals surface area (Å²) >= 11 is 0. The highest BCUT2D eigenvalue weighted by Crippen LogP contribution is 2.21. The maximum absolute atomic E-state index is 12.2. The normalized spacial score (nSPS) is 10.7. The van der Waals surface area contributed by atoms with E-state index in [4.69, 9.17) is 5.73 Å². The second-order valence-electron chi connectivity index (χ2n) is 4.87. The van der Waals surface area contributed by atoms with E-state index in [-0.39, 0.29) is 12.5 Å². The first kappa shape index (κ1) is 13.2. The average Bonchev–Trinajstić information content (AvgIpc) is 2.78. The largest absolute Gasteiger partial charge is 0.397 e. The van der Waals surface area contributed by atoms with Gasteiger partial charge in [-0.1, -0.05) is 24.3 Å². The van der Waals surface area contributed by atoms with Gasteiger partial charge in [0, 0.05) is 5.69 Å². The Bertz CT molecular complexity index is 793. The molecule has 0 unspecified atom stereocenters. The number of hydrogen-bond acceptors (Lipinski definition) is 3. The number of aryl methyl sites for hydroxylation is 1. The van der Waals surface area contributed by atoms with Gasteiger partial charge < -0.3 is 15.6 Å². The molecule has 2 aromatic carbocycles. The van der Waals surface area contributed by atoms with Crippen LogP contribution in [0.2, 0.25) is 0 Å². The van der Waals surface area contributed by atoms with Crippen molar-refractivity contribution in [3.05, 3.63) is 54.4 Å². The zero-order valence-electron chi connectivity index (χ0n) is 11.7. The molecule has 0 bridgehead atoms. The minimum absolute atomic E-state index is 0.0916. The Balaban J connectivity index is 1.86. The maximum atomic E-state index is 12.2. The number of fused-ring (bicyclic) bond motifs is 1. The van der Waals surface area contributed by atoms with E-state index in [1.165, 1.54) is 0 Å². The quantitative estimate of drug-likeness (QED) is 0.724. The average molecular weight is 280 g/mol. The van der Waals surface area contributed by atoms with Crippen LogP contribution in [0.3, 0.4) is 0 Å². The van der Waals surface area contributed by atoms with Gasteiger partial charge in [-0.15, -0.1) is 0 Å². The molecule has 0 saturated carbocycles. The highest BCUT2D eigenvalue weighted by Gasteiger charge is 2.12. The van der Waals surface area contributed by atoms with Crippen molar-refractivity contribution in [2.45, 2.75) is 13.5 Å². The number of aromatic nitrogens is 2. The lowest BCUT2D eigenvalue weighted by Gasteiger charge is -2.08. The number of carbonyl (C=O) groups is 1. The van der Waals surface area contributed by atoms with Gasteiger partial charge in [-0.05, 0) is 31.2 Å². The summed E-state index contributed by atoms with van der Waals surface area (Å²) in [6, 6.07) is 15.0. The molecule has 0 aliphatic heterocycles. The summed E-state index contributed by atoms with van der Waals surface area (Å²) in [6.45, 7) is 2.08. The number of nitrogens with one attached hydrogen (secondary N) is 1. The summed E-state index contributed by atoms with van der Waals surface area (Å²) in [5, 5.41) is 2.87. The molecule has 0 aliphatic carbocycles. The summed E-state index contributed by atoms with van der Waals surface area (Å²) in [5.41, 5.74) is 8.93. The molecule has 1 aromatic heterocycles. The van der Waals surface area contributed by atoms with E-state index in [9.17, 15) is 4.79 Å². The van der Waals surface area contributed by atoms with Crippen molar-refractivity contribution in [3.8, 4) is 0 Å². The fourth-order valence-electron chi connectivity index (χ4n) is 2.35. The molecule has 0 saturated heterocycles. The third kappa shape index (κ3) is 2.58. The maximum Gasteiger partial charge on any atom is 0.244 e. The van der Waals surface area contributed by atoms with E-state index in [0.29, 0.717) is 5.69 Å². The van der Waals surface area contributed by atoms with E-state index in [0.717, 1.165) is 22.5 Å². The van der Waals surface area contributed by atoms with Crippen LogP contribution in [0.5, 0.6) is 0 Å². The Morgan fingerprint density at radius 2 is 1.95 bits per heavy atom. The van der Waals surface area contributed by atoms with Crippen LogP contribution in [0.15, 0.2) is 48.5 Å². The Morgan fingerprint density at radius 1 is 1.19 bits per heavy atom. The van der Waals surface area contributed by atoms with Crippen LogP contribution in [-0.4, -0.2) is 15.5 Å². The summed E-state index contributed by atoms with van der Waals surface area (Å²) in [6.07, 6.45) is 0. The van der Waals surface area contributed by atoms with Gasteiger partial charge in [0.1, 0.15) is 17.9 Å². The SMILES string of the molecule is Cc1nc2c(N)cccc2n1CC(=O)Nc1ccccc1. The zero-order chi connectivity index (χ0) is 14.8. The number of nitrogens with two attached hydrogens (primary N) is 1. The number of amides is 1. The third-order valence-electron chi connectivity index (χ3n) is 3.36. The highest BCUT2D eigenvalue weighted by molar-refractivity contribution is 5.93. The number of rotatable bonds is 3. The molecule has 3 aromatic rings. The fraction of sp³-hybridized carbons (Fsp3) is 0.125. The van der Waals surface area contributed by atoms with Crippen LogP contribution >= 0.6 is 0 Å². The van der Waals surface area contributed by atoms with Crippen molar-refractivity contribution >= 4 is 28.3 Å². The number of nitrogen functional groups attached to an aromatic ring is 1. The van der Waals surface area contributed by atoms with E-state index in [1.807, 2.05) is 60.0 Å². The molecule has 0 atom stereocenters. The molecule has 5 heteroatoms. The molecule has 106 valence electrons. The first-order chi connectivity index (χ1) is 10.1. The molecule has 0 aliphatic rings. The van der Waals surface area contributed by atoms with Gasteiger partial charge in [0.15, 0.2) is 0 Å². The topological polar surface area (TPSA) is 72.9 Å². The number of anilines is 2. The van der Waals surface area contributed by atoms with Gasteiger partial charge in [0.05, 0.1) is 11.2 Å².